The van der Waals surface area contributed by atoms with E-state index < -0.39 is 12.7 Å². The molecule has 0 aromatic carbocycles. The molecule has 2 aliphatic rings. The molecule has 7 heteroatoms. The first-order chi connectivity index (χ1) is 9.66. The van der Waals surface area contributed by atoms with Gasteiger partial charge in [-0.15, -0.1) is 0 Å². The molecule has 0 N–H and O–H groups in total. The Hall–Kier alpha value is -0.820. The normalized spacial score (nSPS) is 27.7. The van der Waals surface area contributed by atoms with Gasteiger partial charge in [0.2, 0.25) is 5.91 Å². The molecule has 122 valence electrons. The number of halogens is 3. The summed E-state index contributed by atoms with van der Waals surface area (Å²) in [5.74, 6) is 0.000879. The van der Waals surface area contributed by atoms with Crippen molar-refractivity contribution >= 4 is 5.91 Å². The molecule has 1 amide bonds. The third kappa shape index (κ3) is 4.85. The number of hydrogen-bond donors (Lipinski definition) is 0. The number of alkyl halides is 3. The van der Waals surface area contributed by atoms with Gasteiger partial charge < -0.3 is 9.64 Å². The number of carbonyl (C=O) groups excluding carboxylic acids is 1. The second kappa shape index (κ2) is 6.12. The van der Waals surface area contributed by atoms with Gasteiger partial charge in [-0.2, -0.15) is 13.2 Å². The van der Waals surface area contributed by atoms with Gasteiger partial charge in [0.1, 0.15) is 0 Å². The van der Waals surface area contributed by atoms with Gasteiger partial charge in [0, 0.05) is 38.7 Å². The summed E-state index contributed by atoms with van der Waals surface area (Å²) >= 11 is 0. The summed E-state index contributed by atoms with van der Waals surface area (Å²) < 4.78 is 42.6. The fourth-order valence-electron chi connectivity index (χ4n) is 3.08. The highest BCUT2D eigenvalue weighted by Crippen LogP contribution is 2.30. The predicted molar refractivity (Wildman–Crippen MR) is 71.8 cm³/mol. The number of ether oxygens (including phenoxy) is 1. The second-order valence-electron chi connectivity index (χ2n) is 6.51. The lowest BCUT2D eigenvalue weighted by molar-refractivity contribution is -0.156. The van der Waals surface area contributed by atoms with E-state index in [1.165, 1.54) is 4.90 Å². The van der Waals surface area contributed by atoms with Crippen LogP contribution in [0.1, 0.15) is 26.7 Å². The number of amides is 1. The van der Waals surface area contributed by atoms with Gasteiger partial charge in [0.25, 0.3) is 0 Å². The standard InChI is InChI=1S/C14H23F3N2O2/c1-13(2)9-11(3-8-21-13)12(20)19-6-4-18(5-7-19)10-14(15,16)17/h11H,3-10H2,1-2H3. The van der Waals surface area contributed by atoms with Crippen molar-refractivity contribution in [2.75, 3.05) is 39.3 Å². The molecule has 1 unspecified atom stereocenters. The smallest absolute Gasteiger partial charge is 0.376 e. The van der Waals surface area contributed by atoms with Crippen molar-refractivity contribution in [3.05, 3.63) is 0 Å². The van der Waals surface area contributed by atoms with Crippen LogP contribution >= 0.6 is 0 Å². The van der Waals surface area contributed by atoms with Crippen LogP contribution in [0, 0.1) is 5.92 Å². The molecule has 4 nitrogen and oxygen atoms in total. The van der Waals surface area contributed by atoms with Crippen molar-refractivity contribution in [1.82, 2.24) is 9.80 Å². The van der Waals surface area contributed by atoms with Crippen LogP contribution in [0.2, 0.25) is 0 Å². The predicted octanol–water partition coefficient (Wildman–Crippen LogP) is 1.90. The highest BCUT2D eigenvalue weighted by atomic mass is 19.4. The first kappa shape index (κ1) is 16.5. The lowest BCUT2D eigenvalue weighted by atomic mass is 9.87. The number of carbonyl (C=O) groups is 1. The van der Waals surface area contributed by atoms with E-state index in [0.29, 0.717) is 32.5 Å². The molecule has 0 aromatic heterocycles. The van der Waals surface area contributed by atoms with Gasteiger partial charge in [-0.1, -0.05) is 0 Å². The molecule has 2 heterocycles. The zero-order valence-electron chi connectivity index (χ0n) is 12.6. The molecule has 0 aromatic rings. The number of piperazine rings is 1. The summed E-state index contributed by atoms with van der Waals surface area (Å²) in [5.41, 5.74) is -0.295. The van der Waals surface area contributed by atoms with E-state index in [2.05, 4.69) is 0 Å². The number of rotatable bonds is 2. The van der Waals surface area contributed by atoms with Crippen molar-refractivity contribution in [2.24, 2.45) is 5.92 Å². The van der Waals surface area contributed by atoms with Gasteiger partial charge in [0.05, 0.1) is 12.1 Å². The molecule has 0 radical (unpaired) electrons. The Kier molecular flexibility index (Phi) is 4.82. The minimum Gasteiger partial charge on any atom is -0.376 e. The van der Waals surface area contributed by atoms with Gasteiger partial charge in [-0.25, -0.2) is 0 Å². The molecule has 2 saturated heterocycles. The SMILES string of the molecule is CC1(C)CC(C(=O)N2CCN(CC(F)(F)F)CC2)CCO1. The zero-order chi connectivity index (χ0) is 15.7. The fraction of sp³-hybridized carbons (Fsp3) is 0.929. The van der Waals surface area contributed by atoms with Crippen LogP contribution in [-0.4, -0.2) is 66.8 Å². The van der Waals surface area contributed by atoms with Crippen LogP contribution in [0.5, 0.6) is 0 Å². The van der Waals surface area contributed by atoms with E-state index in [1.54, 1.807) is 4.90 Å². The molecule has 2 fully saturated rings. The lowest BCUT2D eigenvalue weighted by Gasteiger charge is -2.40. The minimum atomic E-state index is -4.17. The topological polar surface area (TPSA) is 32.8 Å². The molecule has 0 spiro atoms. The van der Waals surface area contributed by atoms with E-state index in [1.807, 2.05) is 13.8 Å². The molecule has 0 bridgehead atoms. The lowest BCUT2D eigenvalue weighted by Crippen LogP contribution is -2.53. The van der Waals surface area contributed by atoms with Crippen LogP contribution in [0.15, 0.2) is 0 Å². The average Bonchev–Trinajstić information content (AvgIpc) is 2.36. The Morgan fingerprint density at radius 3 is 2.38 bits per heavy atom. The Bertz CT molecular complexity index is 377. The molecule has 1 atom stereocenters. The highest BCUT2D eigenvalue weighted by molar-refractivity contribution is 5.79. The van der Waals surface area contributed by atoms with E-state index in [-0.39, 0.29) is 30.5 Å². The van der Waals surface area contributed by atoms with Gasteiger partial charge >= 0.3 is 6.18 Å². The first-order valence-electron chi connectivity index (χ1n) is 7.38. The first-order valence-corrected chi connectivity index (χ1v) is 7.38. The Morgan fingerprint density at radius 1 is 1.24 bits per heavy atom. The molecule has 21 heavy (non-hydrogen) atoms. The van der Waals surface area contributed by atoms with Gasteiger partial charge in [0.15, 0.2) is 0 Å². The van der Waals surface area contributed by atoms with Crippen LogP contribution in [-0.2, 0) is 9.53 Å². The summed E-state index contributed by atoms with van der Waals surface area (Å²) in [6.07, 6.45) is -2.80. The Balaban J connectivity index is 1.83. The summed E-state index contributed by atoms with van der Waals surface area (Å²) in [4.78, 5) is 15.5. The van der Waals surface area contributed by atoms with Crippen molar-refractivity contribution in [3.63, 3.8) is 0 Å². The summed E-state index contributed by atoms with van der Waals surface area (Å²) in [7, 11) is 0. The van der Waals surface area contributed by atoms with Crippen LogP contribution in [0.4, 0.5) is 13.2 Å². The summed E-state index contributed by atoms with van der Waals surface area (Å²) in [6, 6.07) is 0. The Morgan fingerprint density at radius 2 is 1.86 bits per heavy atom. The van der Waals surface area contributed by atoms with Crippen molar-refractivity contribution in [3.8, 4) is 0 Å². The monoisotopic (exact) mass is 308 g/mol. The third-order valence-electron chi connectivity index (χ3n) is 4.13. The number of nitrogens with zero attached hydrogens (tertiary/aromatic N) is 2. The highest BCUT2D eigenvalue weighted by Gasteiger charge is 2.37. The molecule has 0 aliphatic carbocycles. The van der Waals surface area contributed by atoms with Gasteiger partial charge in [-0.3, -0.25) is 9.69 Å². The van der Waals surface area contributed by atoms with Crippen LogP contribution < -0.4 is 0 Å². The molecular formula is C14H23F3N2O2. The largest absolute Gasteiger partial charge is 0.401 e. The maximum absolute atomic E-state index is 12.5. The maximum Gasteiger partial charge on any atom is 0.401 e. The van der Waals surface area contributed by atoms with Gasteiger partial charge in [-0.05, 0) is 26.7 Å². The molecule has 2 aliphatic heterocycles. The quantitative estimate of drug-likeness (QED) is 0.781. The van der Waals surface area contributed by atoms with E-state index in [0.717, 1.165) is 0 Å². The van der Waals surface area contributed by atoms with E-state index in [4.69, 9.17) is 4.74 Å². The summed E-state index contributed by atoms with van der Waals surface area (Å²) in [5, 5.41) is 0. The molecule has 0 saturated carbocycles. The minimum absolute atomic E-state index is 0.0667. The Labute approximate surface area is 123 Å². The van der Waals surface area contributed by atoms with Crippen molar-refractivity contribution in [2.45, 2.75) is 38.5 Å². The van der Waals surface area contributed by atoms with E-state index >= 15 is 0 Å². The van der Waals surface area contributed by atoms with E-state index in [9.17, 15) is 18.0 Å². The summed E-state index contributed by atoms with van der Waals surface area (Å²) in [6.45, 7) is 4.95. The molecule has 2 rings (SSSR count). The number of hydrogen-bond acceptors (Lipinski definition) is 3. The third-order valence-corrected chi connectivity index (χ3v) is 4.13. The van der Waals surface area contributed by atoms with Crippen molar-refractivity contribution in [1.29, 1.82) is 0 Å². The molecular weight excluding hydrogens is 285 g/mol. The fourth-order valence-corrected chi connectivity index (χ4v) is 3.08. The second-order valence-corrected chi connectivity index (χ2v) is 6.51. The van der Waals surface area contributed by atoms with Crippen LogP contribution in [0.25, 0.3) is 0 Å². The van der Waals surface area contributed by atoms with Crippen molar-refractivity contribution < 1.29 is 22.7 Å². The average molecular weight is 308 g/mol. The van der Waals surface area contributed by atoms with Crippen LogP contribution in [0.3, 0.4) is 0 Å². The zero-order valence-corrected chi connectivity index (χ0v) is 12.6. The maximum atomic E-state index is 12.5.